The molecule has 0 atom stereocenters. The normalized spacial score (nSPS) is 16.4. The van der Waals surface area contributed by atoms with Crippen molar-refractivity contribution < 1.29 is 18.0 Å². The highest BCUT2D eigenvalue weighted by atomic mass is 19.3. The average Bonchev–Trinajstić information content (AvgIpc) is 3.60. The van der Waals surface area contributed by atoms with Crippen LogP contribution in [0, 0.1) is 11.7 Å². The van der Waals surface area contributed by atoms with E-state index < -0.39 is 12.4 Å². The molecule has 0 N–H and O–H groups in total. The highest BCUT2D eigenvalue weighted by molar-refractivity contribution is 6.01. The molecule has 1 aliphatic carbocycles. The maximum Gasteiger partial charge on any atom is 0.333 e. The summed E-state index contributed by atoms with van der Waals surface area (Å²) < 4.78 is 44.6. The van der Waals surface area contributed by atoms with Crippen LogP contribution in [-0.4, -0.2) is 43.2 Å². The molecular weight excluding hydrogens is 515 g/mol. The number of hydrogen-bond acceptors (Lipinski definition) is 3. The van der Waals surface area contributed by atoms with Gasteiger partial charge in [0.05, 0.1) is 16.6 Å². The predicted molar refractivity (Wildman–Crippen MR) is 147 cm³/mol. The first kappa shape index (κ1) is 24.9. The van der Waals surface area contributed by atoms with Crippen LogP contribution in [0.4, 0.5) is 13.2 Å². The molecule has 0 bridgehead atoms. The van der Waals surface area contributed by atoms with Gasteiger partial charge in [0.25, 0.3) is 5.91 Å². The van der Waals surface area contributed by atoms with Gasteiger partial charge in [-0.1, -0.05) is 24.3 Å². The molecule has 7 rings (SSSR count). The highest BCUT2D eigenvalue weighted by Gasteiger charge is 2.31. The molecule has 3 heterocycles. The van der Waals surface area contributed by atoms with Crippen molar-refractivity contribution in [2.24, 2.45) is 5.92 Å². The number of benzene rings is 3. The molecule has 0 unspecified atom stereocenters. The van der Waals surface area contributed by atoms with E-state index >= 15 is 0 Å². The summed E-state index contributed by atoms with van der Waals surface area (Å²) in [6.45, 7) is -0.779. The van der Waals surface area contributed by atoms with Gasteiger partial charge in [0.15, 0.2) is 0 Å². The summed E-state index contributed by atoms with van der Waals surface area (Å²) in [5.74, 6) is 1.41. The van der Waals surface area contributed by atoms with Crippen molar-refractivity contribution in [3.05, 3.63) is 83.9 Å². The number of rotatable bonds is 6. The molecular formula is C31H28F3N5O. The molecule has 9 heteroatoms. The van der Waals surface area contributed by atoms with Gasteiger partial charge in [0.2, 0.25) is 0 Å². The largest absolute Gasteiger partial charge is 0.339 e. The molecule has 3 aromatic carbocycles. The van der Waals surface area contributed by atoms with Crippen molar-refractivity contribution in [3.8, 4) is 11.3 Å². The molecule has 6 nitrogen and oxygen atoms in total. The second-order valence-electron chi connectivity index (χ2n) is 10.9. The van der Waals surface area contributed by atoms with Crippen LogP contribution >= 0.6 is 0 Å². The summed E-state index contributed by atoms with van der Waals surface area (Å²) in [5, 5.41) is 4.51. The van der Waals surface area contributed by atoms with E-state index in [0.29, 0.717) is 34.3 Å². The quantitative estimate of drug-likeness (QED) is 0.231. The number of likely N-dealkylation sites (tertiary alicyclic amines) is 1. The number of alkyl halides is 2. The molecule has 1 saturated heterocycles. The average molecular weight is 544 g/mol. The minimum Gasteiger partial charge on any atom is -0.339 e. The summed E-state index contributed by atoms with van der Waals surface area (Å²) in [6, 6.07) is 18.7. The Morgan fingerprint density at radius 3 is 2.48 bits per heavy atom. The number of carbonyl (C=O) groups is 1. The zero-order valence-corrected chi connectivity index (χ0v) is 21.8. The molecule has 2 aromatic heterocycles. The Balaban J connectivity index is 1.13. The molecule has 0 radical (unpaired) electrons. The lowest BCUT2D eigenvalue weighted by Gasteiger charge is -2.32. The van der Waals surface area contributed by atoms with Crippen LogP contribution in [0.2, 0.25) is 0 Å². The fraction of sp³-hybridized carbons (Fsp3) is 0.323. The van der Waals surface area contributed by atoms with E-state index in [1.165, 1.54) is 42.6 Å². The van der Waals surface area contributed by atoms with E-state index in [-0.39, 0.29) is 23.0 Å². The van der Waals surface area contributed by atoms with E-state index in [0.717, 1.165) is 36.6 Å². The lowest BCUT2D eigenvalue weighted by atomic mass is 9.95. The number of piperidine rings is 1. The number of carbonyl (C=O) groups excluding carboxylic acids is 1. The smallest absolute Gasteiger partial charge is 0.333 e. The lowest BCUT2D eigenvalue weighted by Crippen LogP contribution is -2.38. The van der Waals surface area contributed by atoms with Crippen LogP contribution in [0.3, 0.4) is 0 Å². The maximum absolute atomic E-state index is 13.9. The van der Waals surface area contributed by atoms with Crippen molar-refractivity contribution in [1.82, 2.24) is 24.2 Å². The molecule has 204 valence electrons. The number of fused-ring (bicyclic) bond motifs is 2. The van der Waals surface area contributed by atoms with Crippen molar-refractivity contribution in [2.45, 2.75) is 44.7 Å². The van der Waals surface area contributed by atoms with Crippen LogP contribution in [-0.2, 0) is 6.54 Å². The fourth-order valence-corrected chi connectivity index (χ4v) is 5.95. The zero-order chi connectivity index (χ0) is 27.4. The number of aromatic nitrogens is 4. The van der Waals surface area contributed by atoms with Crippen molar-refractivity contribution in [2.75, 3.05) is 13.1 Å². The molecule has 5 aromatic rings. The van der Waals surface area contributed by atoms with Gasteiger partial charge in [-0.05, 0) is 74.1 Å². The van der Waals surface area contributed by atoms with E-state index in [1.54, 1.807) is 23.1 Å². The Hall–Kier alpha value is -4.14. The third-order valence-electron chi connectivity index (χ3n) is 8.21. The van der Waals surface area contributed by atoms with Crippen LogP contribution in [0.15, 0.2) is 66.7 Å². The van der Waals surface area contributed by atoms with Gasteiger partial charge in [-0.2, -0.15) is 13.9 Å². The predicted octanol–water partition coefficient (Wildman–Crippen LogP) is 7.02. The zero-order valence-electron chi connectivity index (χ0n) is 21.8. The fourth-order valence-electron chi connectivity index (χ4n) is 5.95. The van der Waals surface area contributed by atoms with Gasteiger partial charge in [0, 0.05) is 42.1 Å². The molecule has 40 heavy (non-hydrogen) atoms. The van der Waals surface area contributed by atoms with Gasteiger partial charge in [-0.3, -0.25) is 4.79 Å². The van der Waals surface area contributed by atoms with Crippen LogP contribution in [0.1, 0.15) is 54.3 Å². The number of hydrogen-bond donors (Lipinski definition) is 0. The SMILES string of the molecule is O=C(c1ccc2c(-c3cccc(F)c3)nn(C(F)F)c2c1)N1CCC(c2nc3ccccc3n2CC2CC2)CC1. The van der Waals surface area contributed by atoms with Gasteiger partial charge < -0.3 is 9.47 Å². The van der Waals surface area contributed by atoms with Crippen LogP contribution in [0.25, 0.3) is 33.2 Å². The van der Waals surface area contributed by atoms with Gasteiger partial charge in [0.1, 0.15) is 17.3 Å². The van der Waals surface area contributed by atoms with Crippen LogP contribution < -0.4 is 0 Å². The number of para-hydroxylation sites is 2. The minimum absolute atomic E-state index is 0.142. The summed E-state index contributed by atoms with van der Waals surface area (Å²) in [6.07, 6.45) is 4.11. The Kier molecular flexibility index (Phi) is 6.09. The standard InChI is InChI=1S/C31H28F3N5O/c32-23-5-3-4-21(16-23)28-24-11-10-22(17-27(24)39(36-28)31(33)34)30(40)37-14-12-20(13-15-37)29-35-25-6-1-2-7-26(25)38(29)18-19-8-9-19/h1-7,10-11,16-17,19-20,31H,8-9,12-15,18H2. The molecule has 2 fully saturated rings. The minimum atomic E-state index is -2.90. The van der Waals surface area contributed by atoms with Gasteiger partial charge in [-0.25, -0.2) is 14.1 Å². The van der Waals surface area contributed by atoms with E-state index in [9.17, 15) is 18.0 Å². The highest BCUT2D eigenvalue weighted by Crippen LogP contribution is 2.37. The van der Waals surface area contributed by atoms with Crippen molar-refractivity contribution >= 4 is 27.8 Å². The molecule has 2 aliphatic rings. The molecule has 1 aliphatic heterocycles. The monoisotopic (exact) mass is 543 g/mol. The summed E-state index contributed by atoms with van der Waals surface area (Å²) >= 11 is 0. The first-order valence-corrected chi connectivity index (χ1v) is 13.8. The Morgan fingerprint density at radius 2 is 1.73 bits per heavy atom. The number of halogens is 3. The van der Waals surface area contributed by atoms with Gasteiger partial charge in [-0.15, -0.1) is 0 Å². The number of nitrogens with zero attached hydrogens (tertiary/aromatic N) is 5. The summed E-state index contributed by atoms with van der Waals surface area (Å²) in [7, 11) is 0. The topological polar surface area (TPSA) is 56.0 Å². The number of imidazole rings is 1. The number of amides is 1. The van der Waals surface area contributed by atoms with E-state index in [4.69, 9.17) is 4.98 Å². The maximum atomic E-state index is 13.9. The summed E-state index contributed by atoms with van der Waals surface area (Å²) in [4.78, 5) is 20.3. The lowest BCUT2D eigenvalue weighted by molar-refractivity contribution is 0.0615. The Labute approximate surface area is 229 Å². The second-order valence-corrected chi connectivity index (χ2v) is 10.9. The van der Waals surface area contributed by atoms with Gasteiger partial charge >= 0.3 is 6.55 Å². The first-order chi connectivity index (χ1) is 19.5. The Bertz CT molecular complexity index is 1730. The first-order valence-electron chi connectivity index (χ1n) is 13.8. The van der Waals surface area contributed by atoms with Crippen molar-refractivity contribution in [3.63, 3.8) is 0 Å². The van der Waals surface area contributed by atoms with E-state index in [2.05, 4.69) is 27.9 Å². The van der Waals surface area contributed by atoms with Crippen LogP contribution in [0.5, 0.6) is 0 Å². The third-order valence-corrected chi connectivity index (χ3v) is 8.21. The second kappa shape index (κ2) is 9.80. The molecule has 0 spiro atoms. The van der Waals surface area contributed by atoms with E-state index in [1.807, 2.05) is 6.07 Å². The van der Waals surface area contributed by atoms with Crippen molar-refractivity contribution in [1.29, 1.82) is 0 Å². The summed E-state index contributed by atoms with van der Waals surface area (Å²) in [5.41, 5.74) is 3.31. The molecule has 1 amide bonds. The Morgan fingerprint density at radius 1 is 0.925 bits per heavy atom. The third kappa shape index (κ3) is 4.43. The molecule has 1 saturated carbocycles.